The highest BCUT2D eigenvalue weighted by Crippen LogP contribution is 2.43. The van der Waals surface area contributed by atoms with Gasteiger partial charge in [-0.25, -0.2) is 0 Å². The molecule has 1 aliphatic rings. The van der Waals surface area contributed by atoms with E-state index in [1.54, 1.807) is 42.7 Å². The molecule has 3 heterocycles. The van der Waals surface area contributed by atoms with Crippen LogP contribution in [-0.4, -0.2) is 45.9 Å². The molecule has 8 nitrogen and oxygen atoms in total. The summed E-state index contributed by atoms with van der Waals surface area (Å²) in [6, 6.07) is 17.0. The average Bonchev–Trinajstić information content (AvgIpc) is 3.42. The van der Waals surface area contributed by atoms with Crippen LogP contribution < -0.4 is 9.47 Å². The Hall–Kier alpha value is -4.59. The minimum absolute atomic E-state index is 0.00269. The molecular weight excluding hydrogens is 446 g/mol. The lowest BCUT2D eigenvalue weighted by Crippen LogP contribution is -2.29. The van der Waals surface area contributed by atoms with E-state index < -0.39 is 17.7 Å². The summed E-state index contributed by atoms with van der Waals surface area (Å²) in [5, 5.41) is 12.2. The van der Waals surface area contributed by atoms with Gasteiger partial charge in [0.15, 0.2) is 11.5 Å². The van der Waals surface area contributed by atoms with Gasteiger partial charge in [-0.2, -0.15) is 0 Å². The van der Waals surface area contributed by atoms with Crippen molar-refractivity contribution in [3.63, 3.8) is 0 Å². The quantitative estimate of drug-likeness (QED) is 0.249. The zero-order chi connectivity index (χ0) is 24.5. The molecule has 0 radical (unpaired) electrons. The molecule has 0 aliphatic carbocycles. The van der Waals surface area contributed by atoms with Crippen molar-refractivity contribution in [2.75, 3.05) is 14.2 Å². The van der Waals surface area contributed by atoms with Gasteiger partial charge in [-0.3, -0.25) is 14.6 Å². The number of hydrogen-bond acceptors (Lipinski definition) is 6. The number of nitrogens with one attached hydrogen (secondary N) is 1. The zero-order valence-electron chi connectivity index (χ0n) is 19.2. The molecule has 0 saturated carbocycles. The average molecular weight is 469 g/mol. The van der Waals surface area contributed by atoms with E-state index in [0.717, 1.165) is 10.9 Å². The summed E-state index contributed by atoms with van der Waals surface area (Å²) in [7, 11) is 3.00. The van der Waals surface area contributed by atoms with E-state index in [-0.39, 0.29) is 17.9 Å². The second-order valence-corrected chi connectivity index (χ2v) is 8.11. The Labute approximate surface area is 201 Å². The lowest BCUT2D eigenvalue weighted by molar-refractivity contribution is -0.140. The number of ether oxygens (including phenoxy) is 2. The van der Waals surface area contributed by atoms with Crippen molar-refractivity contribution >= 4 is 28.4 Å². The fourth-order valence-electron chi connectivity index (χ4n) is 4.49. The van der Waals surface area contributed by atoms with Crippen LogP contribution in [0.5, 0.6) is 11.5 Å². The summed E-state index contributed by atoms with van der Waals surface area (Å²) in [5.74, 6) is -0.879. The van der Waals surface area contributed by atoms with Crippen LogP contribution >= 0.6 is 0 Å². The number of ketones is 1. The van der Waals surface area contributed by atoms with Crippen molar-refractivity contribution in [2.45, 2.75) is 12.6 Å². The molecule has 1 saturated heterocycles. The third kappa shape index (κ3) is 3.78. The van der Waals surface area contributed by atoms with Gasteiger partial charge in [0.2, 0.25) is 0 Å². The van der Waals surface area contributed by atoms with Crippen LogP contribution in [0.1, 0.15) is 22.9 Å². The Morgan fingerprint density at radius 2 is 1.80 bits per heavy atom. The fraction of sp³-hybridized carbons (Fsp3) is 0.148. The Morgan fingerprint density at radius 1 is 1.03 bits per heavy atom. The molecule has 2 aromatic carbocycles. The first-order valence-corrected chi connectivity index (χ1v) is 11.0. The van der Waals surface area contributed by atoms with E-state index in [1.165, 1.54) is 19.1 Å². The highest BCUT2D eigenvalue weighted by Gasteiger charge is 2.47. The monoisotopic (exact) mass is 469 g/mol. The number of fused-ring (bicyclic) bond motifs is 1. The molecule has 1 unspecified atom stereocenters. The Morgan fingerprint density at radius 3 is 2.54 bits per heavy atom. The van der Waals surface area contributed by atoms with Gasteiger partial charge in [0, 0.05) is 34.4 Å². The first-order valence-electron chi connectivity index (χ1n) is 11.0. The van der Waals surface area contributed by atoms with Gasteiger partial charge in [-0.05, 0) is 36.4 Å². The molecule has 4 aromatic rings. The highest BCUT2D eigenvalue weighted by atomic mass is 16.5. The van der Waals surface area contributed by atoms with E-state index in [0.29, 0.717) is 28.3 Å². The number of para-hydroxylation sites is 1. The molecule has 1 amide bonds. The van der Waals surface area contributed by atoms with Crippen molar-refractivity contribution in [3.8, 4) is 11.5 Å². The topological polar surface area (TPSA) is 105 Å². The van der Waals surface area contributed by atoms with Gasteiger partial charge in [0.05, 0.1) is 38.1 Å². The minimum Gasteiger partial charge on any atom is -0.507 e. The number of amides is 1. The van der Waals surface area contributed by atoms with E-state index in [1.807, 2.05) is 30.3 Å². The van der Waals surface area contributed by atoms with E-state index in [9.17, 15) is 14.7 Å². The van der Waals surface area contributed by atoms with Crippen LogP contribution in [0.3, 0.4) is 0 Å². The maximum Gasteiger partial charge on any atom is 0.296 e. The molecule has 2 aromatic heterocycles. The molecule has 1 atom stereocenters. The summed E-state index contributed by atoms with van der Waals surface area (Å²) in [6.07, 6.45) is 3.41. The van der Waals surface area contributed by atoms with Crippen molar-refractivity contribution in [2.24, 2.45) is 0 Å². The Kier molecular flexibility index (Phi) is 5.70. The number of aliphatic hydroxyl groups excluding tert-OH is 1. The fourth-order valence-corrected chi connectivity index (χ4v) is 4.49. The number of methoxy groups -OCH3 is 2. The summed E-state index contributed by atoms with van der Waals surface area (Å²) in [6.45, 7) is 0.109. The molecule has 0 bridgehead atoms. The molecule has 1 aliphatic heterocycles. The minimum atomic E-state index is -0.818. The van der Waals surface area contributed by atoms with E-state index >= 15 is 0 Å². The number of hydrogen-bond donors (Lipinski definition) is 2. The summed E-state index contributed by atoms with van der Waals surface area (Å²) in [5.41, 5.74) is 2.53. The normalized spacial score (nSPS) is 17.2. The molecule has 35 heavy (non-hydrogen) atoms. The smallest absolute Gasteiger partial charge is 0.296 e. The number of benzene rings is 2. The second kappa shape index (κ2) is 8.98. The maximum atomic E-state index is 13.3. The number of aliphatic hydroxyl groups is 1. The standard InChI is InChI=1S/C27H23N3O5/c1-34-21-11-10-16(13-22(21)35-2)25(31)23-24(19-14-29-20-9-4-3-8-18(19)20)30(27(33)26(23)32)15-17-7-5-6-12-28-17/h3-14,24,29,31H,15H2,1-2H3/b25-23+. The number of carbonyl (C=O) groups excluding carboxylic acids is 2. The van der Waals surface area contributed by atoms with Gasteiger partial charge < -0.3 is 24.5 Å². The van der Waals surface area contributed by atoms with Crippen LogP contribution in [0.2, 0.25) is 0 Å². The van der Waals surface area contributed by atoms with Gasteiger partial charge >= 0.3 is 0 Å². The molecule has 5 rings (SSSR count). The number of aromatic nitrogens is 2. The van der Waals surface area contributed by atoms with Crippen LogP contribution in [0.4, 0.5) is 0 Å². The van der Waals surface area contributed by atoms with Crippen molar-refractivity contribution in [1.29, 1.82) is 0 Å². The van der Waals surface area contributed by atoms with Crippen LogP contribution in [0, 0.1) is 0 Å². The second-order valence-electron chi connectivity index (χ2n) is 8.11. The summed E-state index contributed by atoms with van der Waals surface area (Å²) >= 11 is 0. The van der Waals surface area contributed by atoms with Gasteiger partial charge in [-0.1, -0.05) is 24.3 Å². The molecule has 1 fully saturated rings. The van der Waals surface area contributed by atoms with E-state index in [4.69, 9.17) is 9.47 Å². The zero-order valence-corrected chi connectivity index (χ0v) is 19.2. The molecule has 8 heteroatoms. The van der Waals surface area contributed by atoms with Crippen LogP contribution in [0.15, 0.2) is 78.6 Å². The number of pyridine rings is 1. The first-order chi connectivity index (χ1) is 17.0. The number of likely N-dealkylation sites (tertiary alicyclic amines) is 1. The molecule has 0 spiro atoms. The lowest BCUT2D eigenvalue weighted by Gasteiger charge is -2.24. The highest BCUT2D eigenvalue weighted by molar-refractivity contribution is 6.46. The van der Waals surface area contributed by atoms with Crippen LogP contribution in [-0.2, 0) is 16.1 Å². The van der Waals surface area contributed by atoms with Crippen LogP contribution in [0.25, 0.3) is 16.7 Å². The SMILES string of the molecule is COc1ccc(/C(O)=C2\C(=O)C(=O)N(Cc3ccccn3)C2c2c[nH]c3ccccc23)cc1OC. The predicted molar refractivity (Wildman–Crippen MR) is 130 cm³/mol. The third-order valence-electron chi connectivity index (χ3n) is 6.17. The number of aromatic amines is 1. The summed E-state index contributed by atoms with van der Waals surface area (Å²) < 4.78 is 10.6. The number of H-pyrrole nitrogens is 1. The molecular formula is C27H23N3O5. The Bertz CT molecular complexity index is 1460. The number of carbonyl (C=O) groups is 2. The third-order valence-corrected chi connectivity index (χ3v) is 6.17. The van der Waals surface area contributed by atoms with Gasteiger partial charge in [-0.15, -0.1) is 0 Å². The Balaban J connectivity index is 1.70. The number of rotatable bonds is 6. The van der Waals surface area contributed by atoms with Gasteiger partial charge in [0.1, 0.15) is 5.76 Å². The van der Waals surface area contributed by atoms with Crippen molar-refractivity contribution in [1.82, 2.24) is 14.9 Å². The van der Waals surface area contributed by atoms with Crippen molar-refractivity contribution < 1.29 is 24.2 Å². The van der Waals surface area contributed by atoms with E-state index in [2.05, 4.69) is 9.97 Å². The number of Topliss-reactive ketones (excluding diaryl/α,β-unsaturated/α-hetero) is 1. The predicted octanol–water partition coefficient (Wildman–Crippen LogP) is 4.20. The summed E-state index contributed by atoms with van der Waals surface area (Å²) in [4.78, 5) is 35.6. The molecule has 2 N–H and O–H groups in total. The first kappa shape index (κ1) is 22.2. The van der Waals surface area contributed by atoms with Crippen molar-refractivity contribution in [3.05, 3.63) is 95.5 Å². The molecule has 176 valence electrons. The van der Waals surface area contributed by atoms with Gasteiger partial charge in [0.25, 0.3) is 11.7 Å². The maximum absolute atomic E-state index is 13.3. The largest absolute Gasteiger partial charge is 0.507 e. The lowest BCUT2D eigenvalue weighted by atomic mass is 9.94. The number of nitrogens with zero attached hydrogens (tertiary/aromatic N) is 2.